The molecule has 0 aliphatic carbocycles. The van der Waals surface area contributed by atoms with Crippen LogP contribution in [0.5, 0.6) is 5.75 Å². The lowest BCUT2D eigenvalue weighted by Gasteiger charge is -2.40. The van der Waals surface area contributed by atoms with Gasteiger partial charge >= 0.3 is 6.09 Å². The van der Waals surface area contributed by atoms with Crippen molar-refractivity contribution in [3.8, 4) is 5.75 Å². The Kier molecular flexibility index (Phi) is 6.52. The summed E-state index contributed by atoms with van der Waals surface area (Å²) in [5.74, 6) is 0.708. The Balaban J connectivity index is 2.02. The zero-order valence-electron chi connectivity index (χ0n) is 16.9. The molecule has 0 aromatic heterocycles. The summed E-state index contributed by atoms with van der Waals surface area (Å²) in [4.78, 5) is 28.6. The highest BCUT2D eigenvalue weighted by molar-refractivity contribution is 5.80. The van der Waals surface area contributed by atoms with Gasteiger partial charge in [-0.3, -0.25) is 4.79 Å². The van der Waals surface area contributed by atoms with Crippen LogP contribution >= 0.6 is 0 Å². The van der Waals surface area contributed by atoms with Crippen molar-refractivity contribution in [1.29, 1.82) is 0 Å². The average Bonchev–Trinajstić information content (AvgIpc) is 2.59. The first kappa shape index (κ1) is 20.8. The van der Waals surface area contributed by atoms with Crippen LogP contribution in [0.1, 0.15) is 38.8 Å². The molecule has 0 radical (unpaired) electrons. The quantitative estimate of drug-likeness (QED) is 0.811. The van der Waals surface area contributed by atoms with Crippen LogP contribution in [0.15, 0.2) is 24.8 Å². The molecule has 2 amide bonds. The van der Waals surface area contributed by atoms with Crippen molar-refractivity contribution >= 4 is 18.1 Å². The van der Waals surface area contributed by atoms with Crippen molar-refractivity contribution in [2.75, 3.05) is 26.7 Å². The van der Waals surface area contributed by atoms with Gasteiger partial charge in [0, 0.05) is 31.2 Å². The molecule has 1 aromatic carbocycles. The van der Waals surface area contributed by atoms with Crippen molar-refractivity contribution in [1.82, 2.24) is 9.80 Å². The fraction of sp³-hybridized carbons (Fsp3) is 0.524. The van der Waals surface area contributed by atoms with Crippen LogP contribution in [0.25, 0.3) is 6.08 Å². The standard InChI is InChI=1S/C21H30N2O4/c1-7-16-8-9-18(26-6)17(12-16)13-19(24)22-10-11-23(15(2)14-22)20(25)27-21(3,4)5/h7-9,12,15H,1,10-11,13-14H2,2-6H3/t15-/m1/s1. The van der Waals surface area contributed by atoms with Gasteiger partial charge in [-0.15, -0.1) is 0 Å². The first-order chi connectivity index (χ1) is 12.6. The van der Waals surface area contributed by atoms with E-state index in [0.29, 0.717) is 25.4 Å². The summed E-state index contributed by atoms with van der Waals surface area (Å²) in [7, 11) is 1.60. The van der Waals surface area contributed by atoms with Crippen LogP contribution in [0.3, 0.4) is 0 Å². The van der Waals surface area contributed by atoms with E-state index < -0.39 is 5.60 Å². The number of nitrogens with zero attached hydrogens (tertiary/aromatic N) is 2. The Morgan fingerprint density at radius 1 is 1.30 bits per heavy atom. The summed E-state index contributed by atoms with van der Waals surface area (Å²) in [6.07, 6.45) is 1.67. The number of hydrogen-bond donors (Lipinski definition) is 0. The van der Waals surface area contributed by atoms with E-state index in [4.69, 9.17) is 9.47 Å². The fourth-order valence-corrected chi connectivity index (χ4v) is 3.11. The molecule has 1 aromatic rings. The number of benzene rings is 1. The van der Waals surface area contributed by atoms with Crippen molar-refractivity contribution in [2.24, 2.45) is 0 Å². The van der Waals surface area contributed by atoms with E-state index in [1.165, 1.54) is 0 Å². The van der Waals surface area contributed by atoms with Crippen LogP contribution in [0.4, 0.5) is 4.79 Å². The smallest absolute Gasteiger partial charge is 0.410 e. The molecule has 1 heterocycles. The average molecular weight is 374 g/mol. The maximum Gasteiger partial charge on any atom is 0.410 e. The van der Waals surface area contributed by atoms with E-state index in [1.807, 2.05) is 45.9 Å². The number of amides is 2. The molecule has 0 N–H and O–H groups in total. The number of rotatable bonds is 4. The van der Waals surface area contributed by atoms with Crippen LogP contribution < -0.4 is 4.74 Å². The van der Waals surface area contributed by atoms with E-state index in [9.17, 15) is 9.59 Å². The van der Waals surface area contributed by atoms with Crippen molar-refractivity contribution in [3.05, 3.63) is 35.9 Å². The molecule has 0 saturated carbocycles. The Hall–Kier alpha value is -2.50. The van der Waals surface area contributed by atoms with Crippen LogP contribution in [0, 0.1) is 0 Å². The normalized spacial score (nSPS) is 17.4. The van der Waals surface area contributed by atoms with Crippen LogP contribution in [-0.4, -0.2) is 60.2 Å². The monoisotopic (exact) mass is 374 g/mol. The van der Waals surface area contributed by atoms with Gasteiger partial charge in [0.1, 0.15) is 11.4 Å². The number of piperazine rings is 1. The van der Waals surface area contributed by atoms with Gasteiger partial charge < -0.3 is 19.3 Å². The molecule has 1 aliphatic heterocycles. The van der Waals surface area contributed by atoms with Gasteiger partial charge in [-0.2, -0.15) is 0 Å². The highest BCUT2D eigenvalue weighted by Crippen LogP contribution is 2.23. The number of carbonyl (C=O) groups is 2. The Labute approximate surface area is 161 Å². The molecule has 1 saturated heterocycles. The topological polar surface area (TPSA) is 59.1 Å². The molecule has 27 heavy (non-hydrogen) atoms. The minimum atomic E-state index is -0.531. The van der Waals surface area contributed by atoms with Crippen LogP contribution in [-0.2, 0) is 16.0 Å². The molecular weight excluding hydrogens is 344 g/mol. The molecule has 2 rings (SSSR count). The van der Waals surface area contributed by atoms with E-state index in [1.54, 1.807) is 23.0 Å². The van der Waals surface area contributed by atoms with Crippen molar-refractivity contribution < 1.29 is 19.1 Å². The van der Waals surface area contributed by atoms with E-state index in [-0.39, 0.29) is 24.5 Å². The highest BCUT2D eigenvalue weighted by atomic mass is 16.6. The van der Waals surface area contributed by atoms with Gasteiger partial charge in [0.15, 0.2) is 0 Å². The second kappa shape index (κ2) is 8.46. The molecule has 6 nitrogen and oxygen atoms in total. The van der Waals surface area contributed by atoms with Gasteiger partial charge in [0.25, 0.3) is 0 Å². The van der Waals surface area contributed by atoms with E-state index in [2.05, 4.69) is 6.58 Å². The number of carbonyl (C=O) groups excluding carboxylic acids is 2. The lowest BCUT2D eigenvalue weighted by Crippen LogP contribution is -2.56. The van der Waals surface area contributed by atoms with Gasteiger partial charge in [-0.1, -0.05) is 18.7 Å². The van der Waals surface area contributed by atoms with Gasteiger partial charge in [-0.25, -0.2) is 4.79 Å². The Morgan fingerprint density at radius 3 is 2.56 bits per heavy atom. The second-order valence-electron chi connectivity index (χ2n) is 7.81. The Bertz CT molecular complexity index is 709. The molecule has 1 aliphatic rings. The first-order valence-electron chi connectivity index (χ1n) is 9.21. The van der Waals surface area contributed by atoms with E-state index in [0.717, 1.165) is 11.1 Å². The summed E-state index contributed by atoms with van der Waals surface area (Å²) in [6, 6.07) is 5.58. The maximum absolute atomic E-state index is 12.8. The van der Waals surface area contributed by atoms with Gasteiger partial charge in [0.05, 0.1) is 13.5 Å². The van der Waals surface area contributed by atoms with E-state index >= 15 is 0 Å². The molecule has 6 heteroatoms. The first-order valence-corrected chi connectivity index (χ1v) is 9.21. The number of hydrogen-bond acceptors (Lipinski definition) is 4. The van der Waals surface area contributed by atoms with Crippen molar-refractivity contribution in [2.45, 2.75) is 45.8 Å². The number of methoxy groups -OCH3 is 1. The molecule has 0 bridgehead atoms. The predicted molar refractivity (Wildman–Crippen MR) is 106 cm³/mol. The minimum absolute atomic E-state index is 0.0187. The van der Waals surface area contributed by atoms with Crippen molar-refractivity contribution in [3.63, 3.8) is 0 Å². The largest absolute Gasteiger partial charge is 0.496 e. The molecule has 148 valence electrons. The zero-order chi connectivity index (χ0) is 20.2. The summed E-state index contributed by atoms with van der Waals surface area (Å²) >= 11 is 0. The highest BCUT2D eigenvalue weighted by Gasteiger charge is 2.32. The third kappa shape index (κ3) is 5.49. The molecule has 1 fully saturated rings. The molecule has 0 unspecified atom stereocenters. The lowest BCUT2D eigenvalue weighted by atomic mass is 10.1. The third-order valence-electron chi connectivity index (χ3n) is 4.49. The van der Waals surface area contributed by atoms with Gasteiger partial charge in [0.2, 0.25) is 5.91 Å². The number of ether oxygens (including phenoxy) is 2. The summed E-state index contributed by atoms with van der Waals surface area (Å²) in [5, 5.41) is 0. The second-order valence-corrected chi connectivity index (χ2v) is 7.81. The predicted octanol–water partition coefficient (Wildman–Crippen LogP) is 3.35. The fourth-order valence-electron chi connectivity index (χ4n) is 3.11. The maximum atomic E-state index is 12.8. The molecular formula is C21H30N2O4. The lowest BCUT2D eigenvalue weighted by molar-refractivity contribution is -0.133. The van der Waals surface area contributed by atoms with Crippen LogP contribution in [0.2, 0.25) is 0 Å². The SMILES string of the molecule is C=Cc1ccc(OC)c(CC(=O)N2CCN(C(=O)OC(C)(C)C)[C@H](C)C2)c1. The van der Waals surface area contributed by atoms with Gasteiger partial charge in [-0.05, 0) is 45.4 Å². The zero-order valence-corrected chi connectivity index (χ0v) is 16.9. The summed E-state index contributed by atoms with van der Waals surface area (Å²) < 4.78 is 10.8. The summed E-state index contributed by atoms with van der Waals surface area (Å²) in [5.41, 5.74) is 1.25. The minimum Gasteiger partial charge on any atom is -0.496 e. The third-order valence-corrected chi connectivity index (χ3v) is 4.49. The Morgan fingerprint density at radius 2 is 2.00 bits per heavy atom. The molecule has 0 spiro atoms. The molecule has 1 atom stereocenters. The summed E-state index contributed by atoms with van der Waals surface area (Å²) in [6.45, 7) is 12.7.